The molecule has 0 spiro atoms. The SMILES string of the molecule is O=C(c1ccncc1F)C1CC2COCC(C1)N2Cc1ccccc1. The van der Waals surface area contributed by atoms with Crippen LogP contribution in [0, 0.1) is 11.7 Å². The Labute approximate surface area is 146 Å². The Kier molecular flexibility index (Phi) is 4.59. The van der Waals surface area contributed by atoms with Crippen molar-refractivity contribution in [2.75, 3.05) is 13.2 Å². The lowest BCUT2D eigenvalue weighted by molar-refractivity contribution is -0.0873. The van der Waals surface area contributed by atoms with E-state index in [2.05, 4.69) is 22.0 Å². The molecule has 5 heteroatoms. The first-order valence-corrected chi connectivity index (χ1v) is 8.73. The lowest BCUT2D eigenvalue weighted by Gasteiger charge is -2.48. The number of Topliss-reactive ketones (excluding diaryl/α,β-unsaturated/α-hetero) is 1. The zero-order chi connectivity index (χ0) is 17.2. The maximum atomic E-state index is 13.9. The highest BCUT2D eigenvalue weighted by molar-refractivity contribution is 5.98. The van der Waals surface area contributed by atoms with E-state index in [4.69, 9.17) is 4.74 Å². The Morgan fingerprint density at radius 1 is 1.16 bits per heavy atom. The Balaban J connectivity index is 1.51. The van der Waals surface area contributed by atoms with Crippen molar-refractivity contribution in [1.82, 2.24) is 9.88 Å². The van der Waals surface area contributed by atoms with Crippen LogP contribution in [-0.2, 0) is 11.3 Å². The molecular weight excluding hydrogens is 319 g/mol. The maximum Gasteiger partial charge on any atom is 0.169 e. The molecule has 2 saturated heterocycles. The van der Waals surface area contributed by atoms with Crippen LogP contribution in [0.2, 0.25) is 0 Å². The highest BCUT2D eigenvalue weighted by Gasteiger charge is 2.41. The topological polar surface area (TPSA) is 42.4 Å². The molecule has 2 aromatic rings. The van der Waals surface area contributed by atoms with Crippen LogP contribution in [0.5, 0.6) is 0 Å². The fourth-order valence-electron chi connectivity index (χ4n) is 4.05. The number of ketones is 1. The Morgan fingerprint density at radius 2 is 1.88 bits per heavy atom. The summed E-state index contributed by atoms with van der Waals surface area (Å²) in [6.07, 6.45) is 4.01. The second kappa shape index (κ2) is 7.02. The number of rotatable bonds is 4. The van der Waals surface area contributed by atoms with Crippen molar-refractivity contribution in [1.29, 1.82) is 0 Å². The van der Waals surface area contributed by atoms with E-state index in [1.54, 1.807) is 0 Å². The Hall–Kier alpha value is -2.11. The van der Waals surface area contributed by atoms with Crippen LogP contribution < -0.4 is 0 Å². The molecule has 1 aromatic heterocycles. The summed E-state index contributed by atoms with van der Waals surface area (Å²) in [5.74, 6) is -0.778. The molecule has 2 aliphatic heterocycles. The fraction of sp³-hybridized carbons (Fsp3) is 0.400. The standard InChI is InChI=1S/C20H21FN2O2/c21-19-10-22-7-6-18(19)20(24)15-8-16-12-25-13-17(9-15)23(16)11-14-4-2-1-3-5-14/h1-7,10,15-17H,8-9,11-13H2. The molecule has 0 aliphatic carbocycles. The predicted molar refractivity (Wildman–Crippen MR) is 91.6 cm³/mol. The molecule has 0 amide bonds. The van der Waals surface area contributed by atoms with Crippen LogP contribution >= 0.6 is 0 Å². The second-order valence-corrected chi connectivity index (χ2v) is 6.89. The fourth-order valence-corrected chi connectivity index (χ4v) is 4.05. The Bertz CT molecular complexity index is 738. The van der Waals surface area contributed by atoms with E-state index in [-0.39, 0.29) is 29.3 Å². The average Bonchev–Trinajstić information content (AvgIpc) is 2.62. The Morgan fingerprint density at radius 3 is 2.56 bits per heavy atom. The monoisotopic (exact) mass is 340 g/mol. The molecule has 2 unspecified atom stereocenters. The van der Waals surface area contributed by atoms with E-state index in [0.29, 0.717) is 26.1 Å². The summed E-state index contributed by atoms with van der Waals surface area (Å²) in [5.41, 5.74) is 1.43. The third-order valence-electron chi connectivity index (χ3n) is 5.29. The normalized spacial score (nSPS) is 26.4. The molecule has 4 rings (SSSR count). The first-order chi connectivity index (χ1) is 12.2. The molecule has 0 N–H and O–H groups in total. The minimum atomic E-state index is -0.527. The number of halogens is 1. The molecule has 25 heavy (non-hydrogen) atoms. The highest BCUT2D eigenvalue weighted by Crippen LogP contribution is 2.34. The number of nitrogens with zero attached hydrogens (tertiary/aromatic N) is 2. The number of piperidine rings is 1. The number of carbonyl (C=O) groups is 1. The van der Waals surface area contributed by atoms with E-state index >= 15 is 0 Å². The number of hydrogen-bond acceptors (Lipinski definition) is 4. The van der Waals surface area contributed by atoms with Crippen molar-refractivity contribution in [3.8, 4) is 0 Å². The van der Waals surface area contributed by atoms with E-state index < -0.39 is 5.82 Å². The van der Waals surface area contributed by atoms with Gasteiger partial charge in [0.1, 0.15) is 0 Å². The van der Waals surface area contributed by atoms with Gasteiger partial charge in [-0.3, -0.25) is 14.7 Å². The number of aromatic nitrogens is 1. The number of morpholine rings is 1. The molecule has 1 aromatic carbocycles. The summed E-state index contributed by atoms with van der Waals surface area (Å²) >= 11 is 0. The largest absolute Gasteiger partial charge is 0.378 e. The van der Waals surface area contributed by atoms with Gasteiger partial charge in [0.25, 0.3) is 0 Å². The van der Waals surface area contributed by atoms with Crippen LogP contribution in [0.15, 0.2) is 48.8 Å². The molecule has 2 fully saturated rings. The quantitative estimate of drug-likeness (QED) is 0.802. The average molecular weight is 340 g/mol. The van der Waals surface area contributed by atoms with E-state index in [1.165, 1.54) is 17.8 Å². The van der Waals surface area contributed by atoms with E-state index in [1.807, 2.05) is 18.2 Å². The van der Waals surface area contributed by atoms with Crippen molar-refractivity contribution in [2.45, 2.75) is 31.5 Å². The molecule has 4 nitrogen and oxygen atoms in total. The maximum absolute atomic E-state index is 13.9. The summed E-state index contributed by atoms with van der Waals surface area (Å²) in [5, 5.41) is 0. The highest BCUT2D eigenvalue weighted by atomic mass is 19.1. The van der Waals surface area contributed by atoms with Gasteiger partial charge in [-0.05, 0) is 24.5 Å². The zero-order valence-electron chi connectivity index (χ0n) is 14.0. The number of ether oxygens (including phenoxy) is 1. The number of fused-ring (bicyclic) bond motifs is 2. The lowest BCUT2D eigenvalue weighted by atomic mass is 9.80. The lowest BCUT2D eigenvalue weighted by Crippen LogP contribution is -2.57. The van der Waals surface area contributed by atoms with Crippen molar-refractivity contribution < 1.29 is 13.9 Å². The van der Waals surface area contributed by atoms with Crippen LogP contribution in [-0.4, -0.2) is 41.0 Å². The van der Waals surface area contributed by atoms with Crippen molar-refractivity contribution in [3.05, 3.63) is 65.7 Å². The summed E-state index contributed by atoms with van der Waals surface area (Å²) in [6, 6.07) is 12.2. The summed E-state index contributed by atoms with van der Waals surface area (Å²) in [4.78, 5) is 19.0. The van der Waals surface area contributed by atoms with Gasteiger partial charge in [-0.25, -0.2) is 4.39 Å². The smallest absolute Gasteiger partial charge is 0.169 e. The molecule has 2 aliphatic rings. The van der Waals surface area contributed by atoms with Crippen LogP contribution in [0.25, 0.3) is 0 Å². The predicted octanol–water partition coefficient (Wildman–Crippen LogP) is 3.08. The van der Waals surface area contributed by atoms with Gasteiger partial charge in [-0.1, -0.05) is 30.3 Å². The number of pyridine rings is 1. The molecule has 0 radical (unpaired) electrons. The molecule has 2 bridgehead atoms. The first kappa shape index (κ1) is 16.4. The van der Waals surface area contributed by atoms with Crippen LogP contribution in [0.1, 0.15) is 28.8 Å². The molecule has 130 valence electrons. The van der Waals surface area contributed by atoms with Gasteiger partial charge in [-0.15, -0.1) is 0 Å². The molecule has 3 heterocycles. The van der Waals surface area contributed by atoms with E-state index in [9.17, 15) is 9.18 Å². The third-order valence-corrected chi connectivity index (χ3v) is 5.29. The van der Waals surface area contributed by atoms with Gasteiger partial charge in [0, 0.05) is 30.7 Å². The summed E-state index contributed by atoms with van der Waals surface area (Å²) < 4.78 is 19.7. The van der Waals surface area contributed by atoms with Gasteiger partial charge < -0.3 is 4.74 Å². The van der Waals surface area contributed by atoms with Crippen molar-refractivity contribution >= 4 is 5.78 Å². The summed E-state index contributed by atoms with van der Waals surface area (Å²) in [7, 11) is 0. The van der Waals surface area contributed by atoms with Crippen LogP contribution in [0.4, 0.5) is 4.39 Å². The van der Waals surface area contributed by atoms with Gasteiger partial charge in [0.2, 0.25) is 0 Å². The molecular formula is C20H21FN2O2. The third kappa shape index (κ3) is 3.34. The number of carbonyl (C=O) groups excluding carboxylic acids is 1. The molecule has 2 atom stereocenters. The number of benzene rings is 1. The number of hydrogen-bond donors (Lipinski definition) is 0. The van der Waals surface area contributed by atoms with Gasteiger partial charge in [0.15, 0.2) is 11.6 Å². The van der Waals surface area contributed by atoms with Crippen molar-refractivity contribution in [2.24, 2.45) is 5.92 Å². The van der Waals surface area contributed by atoms with Gasteiger partial charge in [0.05, 0.1) is 25.0 Å². The zero-order valence-corrected chi connectivity index (χ0v) is 14.0. The first-order valence-electron chi connectivity index (χ1n) is 8.73. The second-order valence-electron chi connectivity index (χ2n) is 6.89. The minimum Gasteiger partial charge on any atom is -0.378 e. The van der Waals surface area contributed by atoms with Crippen LogP contribution in [0.3, 0.4) is 0 Å². The van der Waals surface area contributed by atoms with Gasteiger partial charge >= 0.3 is 0 Å². The minimum absolute atomic E-state index is 0.101. The van der Waals surface area contributed by atoms with E-state index in [0.717, 1.165) is 12.7 Å². The van der Waals surface area contributed by atoms with Crippen molar-refractivity contribution in [3.63, 3.8) is 0 Å². The summed E-state index contributed by atoms with van der Waals surface area (Å²) in [6.45, 7) is 2.13. The molecule has 0 saturated carbocycles. The van der Waals surface area contributed by atoms with Gasteiger partial charge in [-0.2, -0.15) is 0 Å².